The van der Waals surface area contributed by atoms with E-state index in [0.29, 0.717) is 16.5 Å². The molecule has 0 atom stereocenters. The summed E-state index contributed by atoms with van der Waals surface area (Å²) in [5, 5.41) is 2.99. The number of benzene rings is 1. The highest BCUT2D eigenvalue weighted by molar-refractivity contribution is 6.32. The molecule has 1 N–H and O–H groups in total. The summed E-state index contributed by atoms with van der Waals surface area (Å²) in [4.78, 5) is 22.8. The molecule has 0 bridgehead atoms. The first kappa shape index (κ1) is 13.7. The average molecular weight is 284 g/mol. The highest BCUT2D eigenvalue weighted by Crippen LogP contribution is 2.30. The molecule has 0 aromatic heterocycles. The standard InChI is InChI=1S/C13H14ClNO4/c1-18-11-5-4-9(6-10(11)14)15-12(16)7-19-13(17)8-2-3-8/h4-6,8H,2-3,7H2,1H3,(H,15,16). The van der Waals surface area contributed by atoms with Gasteiger partial charge in [0.05, 0.1) is 18.1 Å². The van der Waals surface area contributed by atoms with Crippen molar-refractivity contribution >= 4 is 29.2 Å². The van der Waals surface area contributed by atoms with E-state index in [0.717, 1.165) is 12.8 Å². The molecule has 1 fully saturated rings. The number of nitrogens with one attached hydrogen (secondary N) is 1. The Morgan fingerprint density at radius 1 is 1.42 bits per heavy atom. The first-order valence-electron chi connectivity index (χ1n) is 5.90. The van der Waals surface area contributed by atoms with Gasteiger partial charge < -0.3 is 14.8 Å². The third kappa shape index (κ3) is 3.86. The lowest BCUT2D eigenvalue weighted by Crippen LogP contribution is -2.21. The van der Waals surface area contributed by atoms with Gasteiger partial charge in [-0.2, -0.15) is 0 Å². The molecule has 0 heterocycles. The van der Waals surface area contributed by atoms with Crippen LogP contribution in [0.2, 0.25) is 5.02 Å². The Labute approximate surface area is 115 Å². The van der Waals surface area contributed by atoms with Crippen molar-refractivity contribution in [3.8, 4) is 5.75 Å². The third-order valence-corrected chi connectivity index (χ3v) is 2.99. The van der Waals surface area contributed by atoms with E-state index in [1.54, 1.807) is 18.2 Å². The van der Waals surface area contributed by atoms with Crippen LogP contribution < -0.4 is 10.1 Å². The summed E-state index contributed by atoms with van der Waals surface area (Å²) in [6, 6.07) is 4.88. The molecule has 0 unspecified atom stereocenters. The Kier molecular flexibility index (Phi) is 4.27. The molecule has 19 heavy (non-hydrogen) atoms. The van der Waals surface area contributed by atoms with Gasteiger partial charge in [-0.15, -0.1) is 0 Å². The van der Waals surface area contributed by atoms with Crippen molar-refractivity contribution in [2.45, 2.75) is 12.8 Å². The summed E-state index contributed by atoms with van der Waals surface area (Å²) in [6.07, 6.45) is 1.71. The number of esters is 1. The van der Waals surface area contributed by atoms with Gasteiger partial charge in [-0.1, -0.05) is 11.6 Å². The summed E-state index contributed by atoms with van der Waals surface area (Å²) in [5.41, 5.74) is 0.526. The normalized spacial score (nSPS) is 13.8. The number of amides is 1. The maximum Gasteiger partial charge on any atom is 0.309 e. The zero-order chi connectivity index (χ0) is 13.8. The lowest BCUT2D eigenvalue weighted by atomic mass is 10.3. The molecule has 0 saturated heterocycles. The van der Waals surface area contributed by atoms with Crippen LogP contribution >= 0.6 is 11.6 Å². The van der Waals surface area contributed by atoms with Gasteiger partial charge in [-0.05, 0) is 31.0 Å². The van der Waals surface area contributed by atoms with Crippen molar-refractivity contribution < 1.29 is 19.1 Å². The second kappa shape index (κ2) is 5.93. The summed E-state index contributed by atoms with van der Waals surface area (Å²) < 4.78 is 9.87. The number of carbonyl (C=O) groups excluding carboxylic acids is 2. The van der Waals surface area contributed by atoms with Gasteiger partial charge in [0.2, 0.25) is 0 Å². The summed E-state index contributed by atoms with van der Waals surface area (Å²) >= 11 is 5.93. The minimum absolute atomic E-state index is 0.0109. The smallest absolute Gasteiger partial charge is 0.309 e. The number of methoxy groups -OCH3 is 1. The molecule has 1 aromatic rings. The molecule has 2 rings (SSSR count). The van der Waals surface area contributed by atoms with Crippen LogP contribution in [0.15, 0.2) is 18.2 Å². The van der Waals surface area contributed by atoms with Gasteiger partial charge >= 0.3 is 5.97 Å². The van der Waals surface area contributed by atoms with Crippen molar-refractivity contribution in [3.63, 3.8) is 0 Å². The molecule has 1 aromatic carbocycles. The number of ether oxygens (including phenoxy) is 2. The molecule has 0 radical (unpaired) electrons. The quantitative estimate of drug-likeness (QED) is 0.842. The zero-order valence-electron chi connectivity index (χ0n) is 10.4. The molecule has 1 aliphatic rings. The average Bonchev–Trinajstić information content (AvgIpc) is 3.20. The minimum Gasteiger partial charge on any atom is -0.495 e. The van der Waals surface area contributed by atoms with Crippen molar-refractivity contribution in [3.05, 3.63) is 23.2 Å². The second-order valence-electron chi connectivity index (χ2n) is 4.28. The molecule has 1 amide bonds. The molecule has 6 heteroatoms. The van der Waals surface area contributed by atoms with E-state index in [4.69, 9.17) is 21.1 Å². The SMILES string of the molecule is COc1ccc(NC(=O)COC(=O)C2CC2)cc1Cl. The second-order valence-corrected chi connectivity index (χ2v) is 4.69. The molecule has 5 nitrogen and oxygen atoms in total. The number of anilines is 1. The van der Waals surface area contributed by atoms with Gasteiger partial charge in [-0.3, -0.25) is 9.59 Å². The van der Waals surface area contributed by atoms with E-state index < -0.39 is 5.91 Å². The van der Waals surface area contributed by atoms with Gasteiger partial charge in [0.1, 0.15) is 5.75 Å². The van der Waals surface area contributed by atoms with E-state index in [9.17, 15) is 9.59 Å². The molecule has 0 spiro atoms. The summed E-state index contributed by atoms with van der Waals surface area (Å²) in [5.74, 6) is -0.179. The van der Waals surface area contributed by atoms with Crippen molar-refractivity contribution in [1.29, 1.82) is 0 Å². The Bertz CT molecular complexity index is 499. The predicted molar refractivity (Wildman–Crippen MR) is 70.3 cm³/mol. The van der Waals surface area contributed by atoms with Gasteiger partial charge in [-0.25, -0.2) is 0 Å². The van der Waals surface area contributed by atoms with Crippen LogP contribution in [0.5, 0.6) is 5.75 Å². The third-order valence-electron chi connectivity index (χ3n) is 2.69. The molecule has 0 aliphatic heterocycles. The Morgan fingerprint density at radius 3 is 2.74 bits per heavy atom. The van der Waals surface area contributed by atoms with Crippen LogP contribution in [0.4, 0.5) is 5.69 Å². The van der Waals surface area contributed by atoms with Gasteiger partial charge in [0.25, 0.3) is 5.91 Å². The highest BCUT2D eigenvalue weighted by atomic mass is 35.5. The van der Waals surface area contributed by atoms with Crippen LogP contribution in [0.3, 0.4) is 0 Å². The first-order chi connectivity index (χ1) is 9.10. The first-order valence-corrected chi connectivity index (χ1v) is 6.28. The Morgan fingerprint density at radius 2 is 2.16 bits per heavy atom. The lowest BCUT2D eigenvalue weighted by molar-refractivity contribution is -0.148. The topological polar surface area (TPSA) is 64.6 Å². The number of hydrogen-bond acceptors (Lipinski definition) is 4. The number of carbonyl (C=O) groups is 2. The van der Waals surface area contributed by atoms with Crippen molar-refractivity contribution in [2.75, 3.05) is 19.0 Å². The fourth-order valence-electron chi connectivity index (χ4n) is 1.51. The van der Waals surface area contributed by atoms with Gasteiger partial charge in [0, 0.05) is 5.69 Å². The van der Waals surface area contributed by atoms with Crippen LogP contribution in [-0.4, -0.2) is 25.6 Å². The maximum absolute atomic E-state index is 11.6. The van der Waals surface area contributed by atoms with Crippen molar-refractivity contribution in [1.82, 2.24) is 0 Å². The molecule has 102 valence electrons. The molecular formula is C13H14ClNO4. The number of halogens is 1. The minimum atomic E-state index is -0.393. The Hall–Kier alpha value is -1.75. The summed E-state index contributed by atoms with van der Waals surface area (Å²) in [6.45, 7) is -0.279. The highest BCUT2D eigenvalue weighted by Gasteiger charge is 2.31. The fourth-order valence-corrected chi connectivity index (χ4v) is 1.77. The summed E-state index contributed by atoms with van der Waals surface area (Å²) in [7, 11) is 1.51. The Balaban J connectivity index is 1.84. The maximum atomic E-state index is 11.6. The predicted octanol–water partition coefficient (Wildman–Crippen LogP) is 2.24. The van der Waals surface area contributed by atoms with E-state index in [1.165, 1.54) is 7.11 Å². The van der Waals surface area contributed by atoms with Crippen LogP contribution in [0, 0.1) is 5.92 Å². The molecule has 1 aliphatic carbocycles. The van der Waals surface area contributed by atoms with Crippen molar-refractivity contribution in [2.24, 2.45) is 5.92 Å². The van der Waals surface area contributed by atoms with E-state index in [-0.39, 0.29) is 18.5 Å². The van der Waals surface area contributed by atoms with E-state index >= 15 is 0 Å². The lowest BCUT2D eigenvalue weighted by Gasteiger charge is -2.08. The monoisotopic (exact) mass is 283 g/mol. The zero-order valence-corrected chi connectivity index (χ0v) is 11.2. The largest absolute Gasteiger partial charge is 0.495 e. The number of rotatable bonds is 5. The number of hydrogen-bond donors (Lipinski definition) is 1. The van der Waals surface area contributed by atoms with Crippen LogP contribution in [0.25, 0.3) is 0 Å². The van der Waals surface area contributed by atoms with Gasteiger partial charge in [0.15, 0.2) is 6.61 Å². The van der Waals surface area contributed by atoms with Crippen LogP contribution in [0.1, 0.15) is 12.8 Å². The molecular weight excluding hydrogens is 270 g/mol. The van der Waals surface area contributed by atoms with E-state index in [1.807, 2.05) is 0 Å². The van der Waals surface area contributed by atoms with Crippen LogP contribution in [-0.2, 0) is 14.3 Å². The van der Waals surface area contributed by atoms with E-state index in [2.05, 4.69) is 5.32 Å². The fraction of sp³-hybridized carbons (Fsp3) is 0.385. The molecule has 1 saturated carbocycles.